The van der Waals surface area contributed by atoms with Gasteiger partial charge < -0.3 is 15.2 Å². The maximum absolute atomic E-state index is 6.09. The van der Waals surface area contributed by atoms with E-state index in [1.165, 1.54) is 0 Å². The average Bonchev–Trinajstić information content (AvgIpc) is 2.28. The molecule has 0 aliphatic carbocycles. The third-order valence-electron chi connectivity index (χ3n) is 2.59. The van der Waals surface area contributed by atoms with Crippen LogP contribution < -0.4 is 10.5 Å². The zero-order valence-electron chi connectivity index (χ0n) is 9.65. The second kappa shape index (κ2) is 4.59. The van der Waals surface area contributed by atoms with Crippen LogP contribution >= 0.6 is 0 Å². The molecule has 4 heteroatoms. The van der Waals surface area contributed by atoms with Crippen molar-refractivity contribution in [3.63, 3.8) is 0 Å². The van der Waals surface area contributed by atoms with Crippen molar-refractivity contribution in [3.05, 3.63) is 24.0 Å². The van der Waals surface area contributed by atoms with E-state index in [1.54, 1.807) is 20.4 Å². The molecule has 0 amide bonds. The Kier molecular flexibility index (Phi) is 3.66. The van der Waals surface area contributed by atoms with Crippen molar-refractivity contribution >= 4 is 0 Å². The van der Waals surface area contributed by atoms with Crippen molar-refractivity contribution in [3.8, 4) is 5.75 Å². The van der Waals surface area contributed by atoms with Gasteiger partial charge in [0.1, 0.15) is 11.4 Å². The Hall–Kier alpha value is -1.13. The monoisotopic (exact) mass is 210 g/mol. The number of methoxy groups -OCH3 is 2. The lowest BCUT2D eigenvalue weighted by atomic mass is 9.95. The van der Waals surface area contributed by atoms with E-state index < -0.39 is 5.60 Å². The van der Waals surface area contributed by atoms with E-state index in [0.29, 0.717) is 11.4 Å². The molecule has 1 atom stereocenters. The van der Waals surface area contributed by atoms with Crippen LogP contribution in [0.4, 0.5) is 0 Å². The highest BCUT2D eigenvalue weighted by atomic mass is 16.5. The molecule has 2 N–H and O–H groups in total. The van der Waals surface area contributed by atoms with Gasteiger partial charge in [-0.3, -0.25) is 4.98 Å². The number of hydrogen-bond donors (Lipinski definition) is 1. The van der Waals surface area contributed by atoms with Gasteiger partial charge in [-0.25, -0.2) is 0 Å². The zero-order chi connectivity index (χ0) is 11.5. The lowest BCUT2D eigenvalue weighted by Crippen LogP contribution is -2.37. The molecule has 15 heavy (non-hydrogen) atoms. The van der Waals surface area contributed by atoms with Crippen LogP contribution in [0.5, 0.6) is 5.75 Å². The normalized spacial score (nSPS) is 13.7. The Morgan fingerprint density at radius 2 is 2.07 bits per heavy atom. The molecule has 1 aromatic heterocycles. The SMILES string of the molecule is COc1cccnc1C(N)C(C)(C)OC. The molecule has 0 saturated heterocycles. The molecule has 1 heterocycles. The van der Waals surface area contributed by atoms with E-state index in [4.69, 9.17) is 15.2 Å². The van der Waals surface area contributed by atoms with Crippen LogP contribution in [0, 0.1) is 0 Å². The van der Waals surface area contributed by atoms with Gasteiger partial charge >= 0.3 is 0 Å². The quantitative estimate of drug-likeness (QED) is 0.818. The smallest absolute Gasteiger partial charge is 0.142 e. The van der Waals surface area contributed by atoms with Crippen molar-refractivity contribution in [1.29, 1.82) is 0 Å². The van der Waals surface area contributed by atoms with Crippen LogP contribution in [0.15, 0.2) is 18.3 Å². The predicted octanol–water partition coefficient (Wildman–Crippen LogP) is 1.52. The molecule has 0 spiro atoms. The molecule has 0 saturated carbocycles. The van der Waals surface area contributed by atoms with E-state index in [9.17, 15) is 0 Å². The van der Waals surface area contributed by atoms with Crippen molar-refractivity contribution < 1.29 is 9.47 Å². The van der Waals surface area contributed by atoms with Gasteiger partial charge in [-0.15, -0.1) is 0 Å². The topological polar surface area (TPSA) is 57.4 Å². The summed E-state index contributed by atoms with van der Waals surface area (Å²) in [7, 11) is 3.24. The summed E-state index contributed by atoms with van der Waals surface area (Å²) in [4.78, 5) is 4.23. The molecule has 84 valence electrons. The summed E-state index contributed by atoms with van der Waals surface area (Å²) in [6.45, 7) is 3.84. The molecule has 0 bridgehead atoms. The lowest BCUT2D eigenvalue weighted by molar-refractivity contribution is -0.00168. The van der Waals surface area contributed by atoms with E-state index in [1.807, 2.05) is 26.0 Å². The molecule has 0 radical (unpaired) electrons. The summed E-state index contributed by atoms with van der Waals surface area (Å²) in [5.74, 6) is 0.690. The molecule has 4 nitrogen and oxygen atoms in total. The fourth-order valence-electron chi connectivity index (χ4n) is 1.27. The number of hydrogen-bond acceptors (Lipinski definition) is 4. The molecular weight excluding hydrogens is 192 g/mol. The largest absolute Gasteiger partial charge is 0.495 e. The number of ether oxygens (including phenoxy) is 2. The molecule has 1 rings (SSSR count). The van der Waals surface area contributed by atoms with E-state index >= 15 is 0 Å². The Labute approximate surface area is 90.4 Å². The van der Waals surface area contributed by atoms with Crippen molar-refractivity contribution in [2.75, 3.05) is 14.2 Å². The minimum Gasteiger partial charge on any atom is -0.495 e. The second-order valence-electron chi connectivity index (χ2n) is 3.88. The van der Waals surface area contributed by atoms with Gasteiger partial charge in [0.25, 0.3) is 0 Å². The summed E-state index contributed by atoms with van der Waals surface area (Å²) in [6.07, 6.45) is 1.70. The highest BCUT2D eigenvalue weighted by Crippen LogP contribution is 2.30. The summed E-state index contributed by atoms with van der Waals surface area (Å²) >= 11 is 0. The van der Waals surface area contributed by atoms with Crippen molar-refractivity contribution in [2.24, 2.45) is 5.73 Å². The van der Waals surface area contributed by atoms with Crippen LogP contribution in [0.3, 0.4) is 0 Å². The van der Waals surface area contributed by atoms with Gasteiger partial charge in [0, 0.05) is 13.3 Å². The molecule has 1 unspecified atom stereocenters. The van der Waals surface area contributed by atoms with E-state index in [0.717, 1.165) is 0 Å². The van der Waals surface area contributed by atoms with Gasteiger partial charge in [0.2, 0.25) is 0 Å². The molecular formula is C11H18N2O2. The Morgan fingerprint density at radius 1 is 1.40 bits per heavy atom. The number of rotatable bonds is 4. The minimum atomic E-state index is -0.471. The van der Waals surface area contributed by atoms with Gasteiger partial charge in [0.15, 0.2) is 0 Å². The molecule has 0 fully saturated rings. The molecule has 1 aromatic rings. The predicted molar refractivity (Wildman–Crippen MR) is 58.8 cm³/mol. The van der Waals surface area contributed by atoms with Crippen LogP contribution in [0.2, 0.25) is 0 Å². The first-order valence-electron chi connectivity index (χ1n) is 4.82. The van der Waals surface area contributed by atoms with Crippen molar-refractivity contribution in [1.82, 2.24) is 4.98 Å². The Morgan fingerprint density at radius 3 is 2.60 bits per heavy atom. The number of aromatic nitrogens is 1. The first-order valence-corrected chi connectivity index (χ1v) is 4.82. The summed E-state index contributed by atoms with van der Waals surface area (Å²) in [6, 6.07) is 3.33. The first kappa shape index (κ1) is 11.9. The third kappa shape index (κ3) is 2.46. The van der Waals surface area contributed by atoms with Gasteiger partial charge in [0.05, 0.1) is 18.8 Å². The number of nitrogens with zero attached hydrogens (tertiary/aromatic N) is 1. The second-order valence-corrected chi connectivity index (χ2v) is 3.88. The fourth-order valence-corrected chi connectivity index (χ4v) is 1.27. The molecule has 0 aromatic carbocycles. The average molecular weight is 210 g/mol. The Bertz CT molecular complexity index is 326. The van der Waals surface area contributed by atoms with E-state index in [2.05, 4.69) is 4.98 Å². The third-order valence-corrected chi connectivity index (χ3v) is 2.59. The van der Waals surface area contributed by atoms with Crippen LogP contribution in [0.25, 0.3) is 0 Å². The number of nitrogens with two attached hydrogens (primary N) is 1. The van der Waals surface area contributed by atoms with Gasteiger partial charge in [-0.2, -0.15) is 0 Å². The first-order chi connectivity index (χ1) is 7.03. The van der Waals surface area contributed by atoms with Crippen LogP contribution in [0.1, 0.15) is 25.6 Å². The Balaban J connectivity index is 3.05. The summed E-state index contributed by atoms with van der Waals surface area (Å²) < 4.78 is 10.5. The highest BCUT2D eigenvalue weighted by Gasteiger charge is 2.30. The molecule has 0 aliphatic heterocycles. The number of pyridine rings is 1. The molecule has 0 aliphatic rings. The maximum Gasteiger partial charge on any atom is 0.142 e. The van der Waals surface area contributed by atoms with E-state index in [-0.39, 0.29) is 6.04 Å². The lowest BCUT2D eigenvalue weighted by Gasteiger charge is -2.30. The fraction of sp³-hybridized carbons (Fsp3) is 0.545. The van der Waals surface area contributed by atoms with Gasteiger partial charge in [-0.05, 0) is 26.0 Å². The maximum atomic E-state index is 6.09. The van der Waals surface area contributed by atoms with Gasteiger partial charge in [-0.1, -0.05) is 0 Å². The zero-order valence-corrected chi connectivity index (χ0v) is 9.65. The van der Waals surface area contributed by atoms with Crippen molar-refractivity contribution in [2.45, 2.75) is 25.5 Å². The highest BCUT2D eigenvalue weighted by molar-refractivity contribution is 5.30. The summed E-state index contributed by atoms with van der Waals surface area (Å²) in [5, 5.41) is 0. The summed E-state index contributed by atoms with van der Waals surface area (Å²) in [5.41, 5.74) is 6.34. The standard InChI is InChI=1S/C11H18N2O2/c1-11(2,15-4)10(12)9-8(14-3)6-5-7-13-9/h5-7,10H,12H2,1-4H3. The van der Waals surface area contributed by atoms with Crippen LogP contribution in [-0.2, 0) is 4.74 Å². The minimum absolute atomic E-state index is 0.321. The van der Waals surface area contributed by atoms with Crippen LogP contribution in [-0.4, -0.2) is 24.8 Å².